The third-order valence-electron chi connectivity index (χ3n) is 4.53. The number of nitro groups is 1. The van der Waals surface area contributed by atoms with E-state index in [0.29, 0.717) is 22.6 Å². The predicted octanol–water partition coefficient (Wildman–Crippen LogP) is 4.15. The molecule has 9 nitrogen and oxygen atoms in total. The van der Waals surface area contributed by atoms with E-state index in [2.05, 4.69) is 4.99 Å². The van der Waals surface area contributed by atoms with Crippen LogP contribution in [-0.4, -0.2) is 37.9 Å². The van der Waals surface area contributed by atoms with Crippen LogP contribution in [-0.2, 0) is 0 Å². The molecule has 0 saturated carbocycles. The smallest absolute Gasteiger partial charge is 0.335 e. The zero-order valence-corrected chi connectivity index (χ0v) is 16.1. The second kappa shape index (κ2) is 8.00. The first-order chi connectivity index (χ1) is 14.2. The lowest BCUT2D eigenvalue weighted by Gasteiger charge is -2.12. The van der Waals surface area contributed by atoms with E-state index in [1.165, 1.54) is 24.3 Å². The van der Waals surface area contributed by atoms with Crippen molar-refractivity contribution >= 4 is 29.5 Å². The summed E-state index contributed by atoms with van der Waals surface area (Å²) in [7, 11) is 0. The summed E-state index contributed by atoms with van der Waals surface area (Å²) in [5.41, 5.74) is 2.63. The van der Waals surface area contributed by atoms with E-state index < -0.39 is 16.9 Å². The molecule has 0 aliphatic carbocycles. The number of nitro benzene ring substituents is 1. The molecule has 0 bridgehead atoms. The van der Waals surface area contributed by atoms with Crippen LogP contribution < -0.4 is 0 Å². The predicted molar refractivity (Wildman–Crippen MR) is 110 cm³/mol. The summed E-state index contributed by atoms with van der Waals surface area (Å²) in [6.45, 7) is 3.58. The average molecular weight is 407 g/mol. The third-order valence-corrected chi connectivity index (χ3v) is 4.53. The van der Waals surface area contributed by atoms with Crippen LogP contribution in [0.1, 0.15) is 37.7 Å². The first kappa shape index (κ1) is 20.5. The van der Waals surface area contributed by atoms with Crippen LogP contribution in [0.2, 0.25) is 0 Å². The normalized spacial score (nSPS) is 11.0. The molecule has 0 amide bonds. The number of carbonyl (C=O) groups is 2. The molecule has 2 N–H and O–H groups in total. The molecular formula is C21H17N3O6. The highest BCUT2D eigenvalue weighted by Gasteiger charge is 2.16. The fourth-order valence-electron chi connectivity index (χ4n) is 3.13. The molecule has 3 aromatic rings. The summed E-state index contributed by atoms with van der Waals surface area (Å²) in [4.78, 5) is 37.5. The van der Waals surface area contributed by atoms with Gasteiger partial charge in [0.25, 0.3) is 5.69 Å². The molecule has 0 radical (unpaired) electrons. The van der Waals surface area contributed by atoms with E-state index in [9.17, 15) is 29.9 Å². The Morgan fingerprint density at radius 1 is 1.03 bits per heavy atom. The molecule has 0 spiro atoms. The van der Waals surface area contributed by atoms with Crippen LogP contribution in [0.25, 0.3) is 5.69 Å². The first-order valence-electron chi connectivity index (χ1n) is 8.77. The molecule has 0 atom stereocenters. The number of non-ortho nitro benzene ring substituents is 1. The van der Waals surface area contributed by atoms with Crippen molar-refractivity contribution in [3.8, 4) is 5.69 Å². The quantitative estimate of drug-likeness (QED) is 0.358. The Morgan fingerprint density at radius 2 is 1.67 bits per heavy atom. The van der Waals surface area contributed by atoms with Gasteiger partial charge in [0.05, 0.1) is 21.7 Å². The van der Waals surface area contributed by atoms with Gasteiger partial charge in [-0.2, -0.15) is 0 Å². The van der Waals surface area contributed by atoms with Gasteiger partial charge in [-0.25, -0.2) is 9.59 Å². The summed E-state index contributed by atoms with van der Waals surface area (Å²) < 4.78 is 1.73. The highest BCUT2D eigenvalue weighted by Crippen LogP contribution is 2.24. The molecule has 1 heterocycles. The topological polar surface area (TPSA) is 135 Å². The molecule has 0 aliphatic heterocycles. The molecule has 3 rings (SSSR count). The number of aromatic carboxylic acids is 2. The molecule has 1 aromatic heterocycles. The molecule has 0 aliphatic rings. The Labute approximate surface area is 170 Å². The van der Waals surface area contributed by atoms with Crippen LogP contribution in [0, 0.1) is 24.0 Å². The van der Waals surface area contributed by atoms with Gasteiger partial charge in [0, 0.05) is 41.0 Å². The number of nitrogens with zero attached hydrogens (tertiary/aromatic N) is 3. The minimum Gasteiger partial charge on any atom is -0.478 e. The van der Waals surface area contributed by atoms with Crippen LogP contribution in [0.15, 0.2) is 53.5 Å². The number of hydrogen-bond acceptors (Lipinski definition) is 5. The van der Waals surface area contributed by atoms with Gasteiger partial charge in [-0.05, 0) is 44.2 Å². The van der Waals surface area contributed by atoms with E-state index in [0.717, 1.165) is 11.8 Å². The van der Waals surface area contributed by atoms with Crippen molar-refractivity contribution < 1.29 is 24.7 Å². The van der Waals surface area contributed by atoms with Gasteiger partial charge in [0.2, 0.25) is 0 Å². The third kappa shape index (κ3) is 4.09. The molecular weight excluding hydrogens is 390 g/mol. The maximum absolute atomic E-state index is 11.4. The molecule has 9 heteroatoms. The minimum absolute atomic E-state index is 0.0678. The largest absolute Gasteiger partial charge is 0.478 e. The molecule has 152 valence electrons. The van der Waals surface area contributed by atoms with E-state index in [1.807, 2.05) is 6.07 Å². The lowest BCUT2D eigenvalue weighted by Crippen LogP contribution is -2.07. The van der Waals surface area contributed by atoms with Crippen molar-refractivity contribution in [3.05, 3.63) is 86.7 Å². The zero-order valence-electron chi connectivity index (χ0n) is 16.1. The highest BCUT2D eigenvalue weighted by atomic mass is 16.6. The summed E-state index contributed by atoms with van der Waals surface area (Å²) in [5, 5.41) is 29.5. The van der Waals surface area contributed by atoms with E-state index in [1.54, 1.807) is 36.8 Å². The average Bonchev–Trinajstić information content (AvgIpc) is 2.99. The van der Waals surface area contributed by atoms with Crippen LogP contribution in [0.5, 0.6) is 0 Å². The van der Waals surface area contributed by atoms with Gasteiger partial charge in [0.15, 0.2) is 0 Å². The van der Waals surface area contributed by atoms with E-state index in [-0.39, 0.29) is 16.8 Å². The van der Waals surface area contributed by atoms with Crippen molar-refractivity contribution in [3.63, 3.8) is 0 Å². The SMILES string of the molecule is Cc1cc(C=Nc2cccc([N+](=O)[O-])c2)c(C)n1-c1cc(C(=O)O)cc(C(=O)O)c1. The molecule has 30 heavy (non-hydrogen) atoms. The molecule has 0 unspecified atom stereocenters. The Morgan fingerprint density at radius 3 is 2.23 bits per heavy atom. The van der Waals surface area contributed by atoms with Gasteiger partial charge in [-0.3, -0.25) is 15.1 Å². The zero-order chi connectivity index (χ0) is 22.0. The first-order valence-corrected chi connectivity index (χ1v) is 8.77. The minimum atomic E-state index is -1.23. The molecule has 0 fully saturated rings. The number of aromatic nitrogens is 1. The van der Waals surface area contributed by atoms with E-state index in [4.69, 9.17) is 0 Å². The number of hydrogen-bond donors (Lipinski definition) is 2. The number of aryl methyl sites for hydroxylation is 1. The summed E-state index contributed by atoms with van der Waals surface area (Å²) >= 11 is 0. The monoisotopic (exact) mass is 407 g/mol. The van der Waals surface area contributed by atoms with Gasteiger partial charge in [0.1, 0.15) is 0 Å². The van der Waals surface area contributed by atoms with Crippen molar-refractivity contribution in [1.82, 2.24) is 4.57 Å². The summed E-state index contributed by atoms with van der Waals surface area (Å²) in [5.74, 6) is -2.46. The molecule has 2 aromatic carbocycles. The lowest BCUT2D eigenvalue weighted by molar-refractivity contribution is -0.384. The van der Waals surface area contributed by atoms with Crippen molar-refractivity contribution in [2.24, 2.45) is 4.99 Å². The number of benzene rings is 2. The van der Waals surface area contributed by atoms with Crippen LogP contribution >= 0.6 is 0 Å². The van der Waals surface area contributed by atoms with Gasteiger partial charge in [-0.1, -0.05) is 6.07 Å². The maximum Gasteiger partial charge on any atom is 0.335 e. The van der Waals surface area contributed by atoms with Gasteiger partial charge < -0.3 is 14.8 Å². The summed E-state index contributed by atoms with van der Waals surface area (Å²) in [6, 6.07) is 11.6. The van der Waals surface area contributed by atoms with Crippen molar-refractivity contribution in [1.29, 1.82) is 0 Å². The van der Waals surface area contributed by atoms with Gasteiger partial charge >= 0.3 is 11.9 Å². The highest BCUT2D eigenvalue weighted by molar-refractivity contribution is 5.95. The second-order valence-electron chi connectivity index (χ2n) is 6.58. The van der Waals surface area contributed by atoms with Crippen LogP contribution in [0.4, 0.5) is 11.4 Å². The number of rotatable bonds is 6. The number of carboxylic acid groups (broad SMARTS) is 2. The Hall–Kier alpha value is -4.27. The van der Waals surface area contributed by atoms with Crippen molar-refractivity contribution in [2.45, 2.75) is 13.8 Å². The number of carboxylic acids is 2. The summed E-state index contributed by atoms with van der Waals surface area (Å²) in [6.07, 6.45) is 1.55. The van der Waals surface area contributed by atoms with Gasteiger partial charge in [-0.15, -0.1) is 0 Å². The fraction of sp³-hybridized carbons (Fsp3) is 0.0952. The van der Waals surface area contributed by atoms with Crippen LogP contribution in [0.3, 0.4) is 0 Å². The number of aliphatic imine (C=N–C) groups is 1. The van der Waals surface area contributed by atoms with Crippen molar-refractivity contribution in [2.75, 3.05) is 0 Å². The second-order valence-corrected chi connectivity index (χ2v) is 6.58. The maximum atomic E-state index is 11.4. The lowest BCUT2D eigenvalue weighted by atomic mass is 10.1. The molecule has 0 saturated heterocycles. The Kier molecular flexibility index (Phi) is 5.45. The van der Waals surface area contributed by atoms with E-state index >= 15 is 0 Å². The fourth-order valence-corrected chi connectivity index (χ4v) is 3.13. The Balaban J connectivity index is 2.05. The Bertz CT molecular complexity index is 1180. The standard InChI is InChI=1S/C21H17N3O6/c1-12-6-16(11-22-17-4-3-5-18(10-17)24(29)30)13(2)23(12)19-8-14(20(25)26)7-15(9-19)21(27)28/h3-11H,1-2H3,(H,25,26)(H,27,28).